The number of ether oxygens (including phenoxy) is 1. The van der Waals surface area contributed by atoms with E-state index in [0.717, 1.165) is 25.3 Å². The van der Waals surface area contributed by atoms with Crippen molar-refractivity contribution in [1.82, 2.24) is 0 Å². The quantitative estimate of drug-likeness (QED) is 0.222. The van der Waals surface area contributed by atoms with E-state index in [2.05, 4.69) is 4.18 Å². The molecule has 0 radical (unpaired) electrons. The van der Waals surface area contributed by atoms with Gasteiger partial charge >= 0.3 is 5.72 Å². The lowest BCUT2D eigenvalue weighted by atomic mass is 9.97. The van der Waals surface area contributed by atoms with Crippen molar-refractivity contribution < 1.29 is 27.1 Å². The molecule has 8 nitrogen and oxygen atoms in total. The lowest BCUT2D eigenvalue weighted by molar-refractivity contribution is -0.610. The molecule has 1 aliphatic carbocycles. The molecule has 0 fully saturated rings. The second-order valence-corrected chi connectivity index (χ2v) is 5.15. The van der Waals surface area contributed by atoms with Crippen molar-refractivity contribution in [3.8, 4) is 0 Å². The number of aldehydes is 1. The fourth-order valence-electron chi connectivity index (χ4n) is 1.49. The molecule has 2 atom stereocenters. The van der Waals surface area contributed by atoms with E-state index in [4.69, 9.17) is 4.74 Å². The molecule has 0 saturated carbocycles. The number of carbonyl (C=O) groups excluding carboxylic acids is 1. The smallest absolute Gasteiger partial charge is 0.366 e. The summed E-state index contributed by atoms with van der Waals surface area (Å²) in [5.41, 5.74) is -2.26. The third kappa shape index (κ3) is 2.81. The number of hydrogen-bond donors (Lipinski definition) is 0. The Hall–Kier alpha value is -1.58. The molecule has 0 aliphatic heterocycles. The van der Waals surface area contributed by atoms with Gasteiger partial charge < -0.3 is 4.74 Å². The van der Waals surface area contributed by atoms with Gasteiger partial charge in [-0.05, 0) is 12.2 Å². The summed E-state index contributed by atoms with van der Waals surface area (Å²) in [5.74, 6) is 0. The van der Waals surface area contributed by atoms with E-state index in [-0.39, 0.29) is 5.57 Å². The van der Waals surface area contributed by atoms with Gasteiger partial charge in [-0.2, -0.15) is 12.6 Å². The van der Waals surface area contributed by atoms with E-state index in [0.29, 0.717) is 12.5 Å². The minimum Gasteiger partial charge on any atom is -0.366 e. The van der Waals surface area contributed by atoms with E-state index in [1.807, 2.05) is 0 Å². The summed E-state index contributed by atoms with van der Waals surface area (Å²) in [4.78, 5) is 20.7. The monoisotopic (exact) mass is 277 g/mol. The largest absolute Gasteiger partial charge is 0.388 e. The zero-order chi connectivity index (χ0) is 14.0. The number of hydrogen-bond acceptors (Lipinski definition) is 7. The normalized spacial score (nSPS) is 27.7. The topological polar surface area (TPSA) is 113 Å². The summed E-state index contributed by atoms with van der Waals surface area (Å²) in [6.07, 6.45) is 2.95. The Bertz CT molecular complexity index is 521. The molecular formula is C9H11NO7S. The van der Waals surface area contributed by atoms with Crippen LogP contribution in [0.4, 0.5) is 0 Å². The first-order valence-electron chi connectivity index (χ1n) is 4.69. The highest BCUT2D eigenvalue weighted by Crippen LogP contribution is 2.29. The molecule has 2 unspecified atom stereocenters. The molecule has 0 bridgehead atoms. The Labute approximate surface area is 103 Å². The Kier molecular flexibility index (Phi) is 3.99. The van der Waals surface area contributed by atoms with Gasteiger partial charge in [0.15, 0.2) is 6.10 Å². The predicted octanol–water partition coefficient (Wildman–Crippen LogP) is -0.354. The van der Waals surface area contributed by atoms with Crippen molar-refractivity contribution in [2.45, 2.75) is 11.8 Å². The second kappa shape index (κ2) is 4.96. The lowest BCUT2D eigenvalue weighted by Gasteiger charge is -2.28. The molecule has 0 saturated heterocycles. The summed E-state index contributed by atoms with van der Waals surface area (Å²) in [6.45, 7) is 0. The summed E-state index contributed by atoms with van der Waals surface area (Å²) in [7, 11) is -2.94. The number of methoxy groups -OCH3 is 1. The van der Waals surface area contributed by atoms with Crippen molar-refractivity contribution in [2.24, 2.45) is 0 Å². The summed E-state index contributed by atoms with van der Waals surface area (Å²) in [5, 5.41) is 11.1. The van der Waals surface area contributed by atoms with Crippen LogP contribution in [0.2, 0.25) is 0 Å². The van der Waals surface area contributed by atoms with Gasteiger partial charge in [0.25, 0.3) is 10.1 Å². The predicted molar refractivity (Wildman–Crippen MR) is 59.7 cm³/mol. The molecule has 18 heavy (non-hydrogen) atoms. The fraction of sp³-hybridized carbons (Fsp3) is 0.444. The van der Waals surface area contributed by atoms with Gasteiger partial charge in [-0.15, -0.1) is 0 Å². The summed E-state index contributed by atoms with van der Waals surface area (Å²) < 4.78 is 31.6. The maximum Gasteiger partial charge on any atom is 0.388 e. The first-order valence-corrected chi connectivity index (χ1v) is 6.51. The van der Waals surface area contributed by atoms with E-state index < -0.39 is 26.9 Å². The van der Waals surface area contributed by atoms with Gasteiger partial charge in [-0.1, -0.05) is 0 Å². The van der Waals surface area contributed by atoms with Crippen molar-refractivity contribution in [3.63, 3.8) is 0 Å². The van der Waals surface area contributed by atoms with Crippen LogP contribution >= 0.6 is 0 Å². The first kappa shape index (κ1) is 14.5. The van der Waals surface area contributed by atoms with Crippen molar-refractivity contribution in [3.05, 3.63) is 33.9 Å². The molecule has 0 aromatic heterocycles. The molecule has 1 aliphatic rings. The minimum absolute atomic E-state index is 0.136. The van der Waals surface area contributed by atoms with Crippen LogP contribution in [0.5, 0.6) is 0 Å². The number of carbonyl (C=O) groups is 1. The molecular weight excluding hydrogens is 266 g/mol. The molecule has 0 heterocycles. The summed E-state index contributed by atoms with van der Waals surface area (Å²) in [6, 6.07) is 0. The van der Waals surface area contributed by atoms with E-state index in [1.165, 1.54) is 0 Å². The van der Waals surface area contributed by atoms with Gasteiger partial charge in [-0.3, -0.25) is 14.9 Å². The molecule has 1 rings (SSSR count). The molecule has 100 valence electrons. The van der Waals surface area contributed by atoms with Crippen LogP contribution in [0.25, 0.3) is 0 Å². The highest BCUT2D eigenvalue weighted by Gasteiger charge is 2.54. The minimum atomic E-state index is -4.08. The van der Waals surface area contributed by atoms with Crippen LogP contribution in [-0.4, -0.2) is 44.8 Å². The Morgan fingerprint density at radius 1 is 1.56 bits per heavy atom. The zero-order valence-corrected chi connectivity index (χ0v) is 10.4. The number of rotatable bonds is 5. The Morgan fingerprint density at radius 2 is 2.17 bits per heavy atom. The highest BCUT2D eigenvalue weighted by molar-refractivity contribution is 7.86. The van der Waals surface area contributed by atoms with Crippen molar-refractivity contribution in [1.29, 1.82) is 0 Å². The second-order valence-electron chi connectivity index (χ2n) is 3.57. The molecule has 0 N–H and O–H groups in total. The SMILES string of the molecule is COC1C=C(C=O)C=CC1(OS(C)(=O)=O)[N+](=O)[O-]. The van der Waals surface area contributed by atoms with Gasteiger partial charge in [0, 0.05) is 18.8 Å². The summed E-state index contributed by atoms with van der Waals surface area (Å²) >= 11 is 0. The van der Waals surface area contributed by atoms with Gasteiger partial charge in [-0.25, -0.2) is 0 Å². The number of nitro groups is 1. The highest BCUT2D eigenvalue weighted by atomic mass is 32.2. The van der Waals surface area contributed by atoms with Crippen LogP contribution in [-0.2, 0) is 23.8 Å². The fourth-order valence-corrected chi connectivity index (χ4v) is 2.18. The Morgan fingerprint density at radius 3 is 2.56 bits per heavy atom. The van der Waals surface area contributed by atoms with Crippen LogP contribution in [0, 0.1) is 10.1 Å². The number of allylic oxidation sites excluding steroid dienone is 2. The number of nitrogens with zero attached hydrogens (tertiary/aromatic N) is 1. The first-order chi connectivity index (χ1) is 8.25. The van der Waals surface area contributed by atoms with Gasteiger partial charge in [0.1, 0.15) is 6.29 Å². The van der Waals surface area contributed by atoms with Crippen LogP contribution in [0.3, 0.4) is 0 Å². The maximum atomic E-state index is 11.1. The van der Waals surface area contributed by atoms with Crippen molar-refractivity contribution >= 4 is 16.4 Å². The molecule has 0 aromatic rings. The van der Waals surface area contributed by atoms with Crippen LogP contribution in [0.15, 0.2) is 23.8 Å². The molecule has 9 heteroatoms. The van der Waals surface area contributed by atoms with E-state index in [1.54, 1.807) is 0 Å². The van der Waals surface area contributed by atoms with E-state index >= 15 is 0 Å². The van der Waals surface area contributed by atoms with Gasteiger partial charge in [0.05, 0.1) is 11.2 Å². The standard InChI is InChI=1S/C9H11NO7S/c1-16-8-5-7(6-11)3-4-9(8,10(12)13)17-18(2,14)15/h3-6,8H,1-2H3. The lowest BCUT2D eigenvalue weighted by Crippen LogP contribution is -2.52. The molecule has 0 amide bonds. The molecule has 0 spiro atoms. The Balaban J connectivity index is 3.29. The van der Waals surface area contributed by atoms with Gasteiger partial charge in [0.2, 0.25) is 0 Å². The van der Waals surface area contributed by atoms with Crippen molar-refractivity contribution in [2.75, 3.05) is 13.4 Å². The van der Waals surface area contributed by atoms with E-state index in [9.17, 15) is 23.3 Å². The average Bonchev–Trinajstić information content (AvgIpc) is 2.27. The van der Waals surface area contributed by atoms with Crippen LogP contribution in [0.1, 0.15) is 0 Å². The third-order valence-electron chi connectivity index (χ3n) is 2.23. The maximum absolute atomic E-state index is 11.1. The average molecular weight is 277 g/mol. The van der Waals surface area contributed by atoms with Crippen LogP contribution < -0.4 is 0 Å². The zero-order valence-electron chi connectivity index (χ0n) is 9.60. The third-order valence-corrected chi connectivity index (χ3v) is 2.80. The molecule has 0 aromatic carbocycles.